The molecule has 5 heteroatoms. The van der Waals surface area contributed by atoms with Gasteiger partial charge in [0.15, 0.2) is 0 Å². The highest BCUT2D eigenvalue weighted by molar-refractivity contribution is 6.30. The van der Waals surface area contributed by atoms with Gasteiger partial charge in [0.2, 0.25) is 11.8 Å². The number of hydrogen-bond acceptors (Lipinski definition) is 2. The van der Waals surface area contributed by atoms with E-state index in [1.165, 1.54) is 5.56 Å². The summed E-state index contributed by atoms with van der Waals surface area (Å²) in [5.41, 5.74) is 3.38. The van der Waals surface area contributed by atoms with E-state index < -0.39 is 6.04 Å². The van der Waals surface area contributed by atoms with E-state index in [-0.39, 0.29) is 17.9 Å². The van der Waals surface area contributed by atoms with Crippen molar-refractivity contribution >= 4 is 23.4 Å². The first-order chi connectivity index (χ1) is 15.2. The molecular weight excluding hydrogens is 420 g/mol. The van der Waals surface area contributed by atoms with Crippen molar-refractivity contribution in [2.75, 3.05) is 0 Å². The summed E-state index contributed by atoms with van der Waals surface area (Å²) in [6, 6.07) is 15.5. The van der Waals surface area contributed by atoms with Gasteiger partial charge in [0.25, 0.3) is 0 Å². The van der Waals surface area contributed by atoms with Crippen molar-refractivity contribution in [1.82, 2.24) is 10.2 Å². The summed E-state index contributed by atoms with van der Waals surface area (Å²) in [5.74, 6) is 0.374. The Morgan fingerprint density at radius 2 is 1.50 bits per heavy atom. The third-order valence-corrected chi connectivity index (χ3v) is 6.18. The van der Waals surface area contributed by atoms with Crippen LogP contribution >= 0.6 is 11.6 Å². The molecule has 0 fully saturated rings. The van der Waals surface area contributed by atoms with Crippen molar-refractivity contribution in [2.24, 2.45) is 0 Å². The largest absolute Gasteiger partial charge is 0.352 e. The predicted molar refractivity (Wildman–Crippen MR) is 133 cm³/mol. The van der Waals surface area contributed by atoms with Crippen LogP contribution in [0.1, 0.15) is 76.5 Å². The molecule has 2 atom stereocenters. The van der Waals surface area contributed by atoms with Gasteiger partial charge in [-0.3, -0.25) is 9.59 Å². The van der Waals surface area contributed by atoms with Crippen molar-refractivity contribution in [3.8, 4) is 0 Å². The number of nitrogens with one attached hydrogen (secondary N) is 1. The van der Waals surface area contributed by atoms with E-state index in [0.717, 1.165) is 17.5 Å². The van der Waals surface area contributed by atoms with Crippen LogP contribution in [0, 0.1) is 0 Å². The van der Waals surface area contributed by atoms with Crippen LogP contribution < -0.4 is 5.32 Å². The average Bonchev–Trinajstić information content (AvgIpc) is 2.78. The van der Waals surface area contributed by atoms with Crippen molar-refractivity contribution < 1.29 is 9.59 Å². The Morgan fingerprint density at radius 3 is 2.03 bits per heavy atom. The summed E-state index contributed by atoms with van der Waals surface area (Å²) >= 11 is 6.03. The zero-order chi connectivity index (χ0) is 23.7. The Bertz CT molecular complexity index is 862. The molecule has 0 saturated carbocycles. The molecule has 0 saturated heterocycles. The van der Waals surface area contributed by atoms with E-state index >= 15 is 0 Å². The summed E-state index contributed by atoms with van der Waals surface area (Å²) < 4.78 is 0. The molecule has 2 rings (SSSR count). The van der Waals surface area contributed by atoms with Crippen LogP contribution in [0.15, 0.2) is 48.5 Å². The van der Waals surface area contributed by atoms with E-state index in [4.69, 9.17) is 11.6 Å². The second-order valence-corrected chi connectivity index (χ2v) is 9.22. The van der Waals surface area contributed by atoms with Crippen LogP contribution in [0.3, 0.4) is 0 Å². The summed E-state index contributed by atoms with van der Waals surface area (Å²) in [5, 5.41) is 3.70. The molecule has 0 aliphatic heterocycles. The maximum atomic E-state index is 13.3. The van der Waals surface area contributed by atoms with Gasteiger partial charge in [-0.25, -0.2) is 0 Å². The van der Waals surface area contributed by atoms with Crippen LogP contribution in [0.25, 0.3) is 0 Å². The first kappa shape index (κ1) is 25.9. The molecule has 2 aromatic rings. The van der Waals surface area contributed by atoms with Crippen LogP contribution in [0.4, 0.5) is 0 Å². The van der Waals surface area contributed by atoms with E-state index in [9.17, 15) is 9.59 Å². The Balaban J connectivity index is 2.18. The molecule has 0 aromatic heterocycles. The van der Waals surface area contributed by atoms with Crippen LogP contribution in [-0.2, 0) is 22.6 Å². The zero-order valence-electron chi connectivity index (χ0n) is 20.0. The highest BCUT2D eigenvalue weighted by Crippen LogP contribution is 2.19. The Kier molecular flexibility index (Phi) is 10.2. The monoisotopic (exact) mass is 456 g/mol. The fraction of sp³-hybridized carbons (Fsp3) is 0.481. The normalized spacial score (nSPS) is 13.0. The van der Waals surface area contributed by atoms with Crippen molar-refractivity contribution in [3.63, 3.8) is 0 Å². The maximum Gasteiger partial charge on any atom is 0.243 e. The summed E-state index contributed by atoms with van der Waals surface area (Å²) in [4.78, 5) is 28.1. The lowest BCUT2D eigenvalue weighted by Crippen LogP contribution is -2.50. The number of rotatable bonds is 11. The number of carbonyl (C=O) groups is 2. The Labute approximate surface area is 198 Å². The molecule has 174 valence electrons. The summed E-state index contributed by atoms with van der Waals surface area (Å²) in [6.45, 7) is 10.7. The smallest absolute Gasteiger partial charge is 0.243 e. The molecule has 32 heavy (non-hydrogen) atoms. The van der Waals surface area contributed by atoms with Gasteiger partial charge in [-0.2, -0.15) is 0 Å². The van der Waals surface area contributed by atoms with E-state index in [1.807, 2.05) is 45.0 Å². The number of amides is 2. The number of hydrogen-bond donors (Lipinski definition) is 1. The second-order valence-electron chi connectivity index (χ2n) is 8.79. The molecule has 0 aliphatic carbocycles. The Hall–Kier alpha value is -2.33. The van der Waals surface area contributed by atoms with E-state index in [1.54, 1.807) is 4.90 Å². The van der Waals surface area contributed by atoms with Crippen LogP contribution in [0.5, 0.6) is 0 Å². The average molecular weight is 457 g/mol. The second kappa shape index (κ2) is 12.6. The van der Waals surface area contributed by atoms with Gasteiger partial charge >= 0.3 is 0 Å². The van der Waals surface area contributed by atoms with Gasteiger partial charge in [-0.1, -0.05) is 75.7 Å². The van der Waals surface area contributed by atoms with E-state index in [0.29, 0.717) is 36.7 Å². The minimum absolute atomic E-state index is 0.0148. The highest BCUT2D eigenvalue weighted by atomic mass is 35.5. The van der Waals surface area contributed by atoms with Gasteiger partial charge in [0, 0.05) is 24.0 Å². The summed E-state index contributed by atoms with van der Waals surface area (Å²) in [7, 11) is 0. The number of carbonyl (C=O) groups excluding carboxylic acids is 2. The quantitative estimate of drug-likeness (QED) is 0.443. The van der Waals surface area contributed by atoms with E-state index in [2.05, 4.69) is 43.4 Å². The molecule has 2 amide bonds. The zero-order valence-corrected chi connectivity index (χ0v) is 20.8. The van der Waals surface area contributed by atoms with Gasteiger partial charge in [-0.15, -0.1) is 0 Å². The molecule has 2 aromatic carbocycles. The van der Waals surface area contributed by atoms with Crippen molar-refractivity contribution in [1.29, 1.82) is 0 Å². The molecule has 0 bridgehead atoms. The van der Waals surface area contributed by atoms with Crippen molar-refractivity contribution in [2.45, 2.75) is 84.8 Å². The van der Waals surface area contributed by atoms with Crippen LogP contribution in [-0.4, -0.2) is 28.8 Å². The highest BCUT2D eigenvalue weighted by Gasteiger charge is 2.29. The van der Waals surface area contributed by atoms with Gasteiger partial charge in [0.05, 0.1) is 0 Å². The van der Waals surface area contributed by atoms with Gasteiger partial charge < -0.3 is 10.2 Å². The predicted octanol–water partition coefficient (Wildman–Crippen LogP) is 6.12. The lowest BCUT2D eigenvalue weighted by atomic mass is 10.00. The third-order valence-electron chi connectivity index (χ3n) is 5.93. The number of benzene rings is 2. The molecule has 4 nitrogen and oxygen atoms in total. The molecule has 1 N–H and O–H groups in total. The molecule has 0 radical (unpaired) electrons. The third kappa shape index (κ3) is 7.67. The van der Waals surface area contributed by atoms with Crippen LogP contribution in [0.2, 0.25) is 5.02 Å². The topological polar surface area (TPSA) is 49.4 Å². The Morgan fingerprint density at radius 1 is 0.906 bits per heavy atom. The number of aryl methyl sites for hydroxylation is 1. The molecule has 0 unspecified atom stereocenters. The number of halogens is 1. The molecule has 0 heterocycles. The van der Waals surface area contributed by atoms with Gasteiger partial charge in [0.1, 0.15) is 6.04 Å². The fourth-order valence-electron chi connectivity index (χ4n) is 3.61. The fourth-order valence-corrected chi connectivity index (χ4v) is 3.74. The first-order valence-electron chi connectivity index (χ1n) is 11.7. The standard InChI is InChI=1S/C27H37ClN2O2/c1-6-20(5)29-27(32)25(7-2)30(18-22-10-15-24(28)16-11-22)26(31)17-12-21-8-13-23(14-9-21)19(3)4/h8-11,13-16,19-20,25H,6-7,12,17-18H2,1-5H3,(H,29,32)/t20-,25-/m0/s1. The number of nitrogens with zero attached hydrogens (tertiary/aromatic N) is 1. The van der Waals surface area contributed by atoms with Crippen molar-refractivity contribution in [3.05, 3.63) is 70.2 Å². The maximum absolute atomic E-state index is 13.3. The SMILES string of the molecule is CC[C@H](C)NC(=O)[C@H](CC)N(Cc1ccc(Cl)cc1)C(=O)CCc1ccc(C(C)C)cc1. The first-order valence-corrected chi connectivity index (χ1v) is 12.1. The lowest BCUT2D eigenvalue weighted by Gasteiger charge is -2.31. The minimum Gasteiger partial charge on any atom is -0.352 e. The summed E-state index contributed by atoms with van der Waals surface area (Å²) in [6.07, 6.45) is 2.42. The molecule has 0 aliphatic rings. The molecular formula is C27H37ClN2O2. The lowest BCUT2D eigenvalue weighted by molar-refractivity contribution is -0.141. The van der Waals surface area contributed by atoms with Gasteiger partial charge in [-0.05, 0) is 60.9 Å². The molecule has 0 spiro atoms. The minimum atomic E-state index is -0.504.